The van der Waals surface area contributed by atoms with Crippen LogP contribution in [0.5, 0.6) is 0 Å². The van der Waals surface area contributed by atoms with Gasteiger partial charge in [0.15, 0.2) is 0 Å². The highest BCUT2D eigenvalue weighted by Gasteiger charge is 1.91. The van der Waals surface area contributed by atoms with E-state index in [0.717, 1.165) is 6.42 Å². The van der Waals surface area contributed by atoms with Gasteiger partial charge in [0.2, 0.25) is 0 Å². The van der Waals surface area contributed by atoms with Crippen molar-refractivity contribution in [2.45, 2.75) is 13.3 Å². The van der Waals surface area contributed by atoms with Crippen LogP contribution in [0.3, 0.4) is 0 Å². The van der Waals surface area contributed by atoms with Crippen molar-refractivity contribution in [3.8, 4) is 0 Å². The van der Waals surface area contributed by atoms with Crippen LogP contribution >= 0.6 is 0 Å². The maximum absolute atomic E-state index is 3.03. The lowest BCUT2D eigenvalue weighted by atomic mass is 10.5. The number of nitrogens with one attached hydrogen (secondary N) is 2. The van der Waals surface area contributed by atoms with Gasteiger partial charge in [0.05, 0.1) is 0 Å². The van der Waals surface area contributed by atoms with Gasteiger partial charge >= 0.3 is 0 Å². The van der Waals surface area contributed by atoms with E-state index >= 15 is 0 Å². The minimum Gasteiger partial charge on any atom is -1.00 e. The topological polar surface area (TPSA) is 29.9 Å². The first-order chi connectivity index (χ1) is 3.43. The van der Waals surface area contributed by atoms with Crippen molar-refractivity contribution < 1.29 is 22.0 Å². The lowest BCUT2D eigenvalue weighted by molar-refractivity contribution is -0.387. The van der Waals surface area contributed by atoms with E-state index in [1.165, 1.54) is 5.82 Å². The van der Waals surface area contributed by atoms with Crippen molar-refractivity contribution in [2.75, 3.05) is 0 Å². The smallest absolute Gasteiger partial charge is 0.251 e. The summed E-state index contributed by atoms with van der Waals surface area (Å²) >= 11 is 0. The molecule has 0 aliphatic carbocycles. The van der Waals surface area contributed by atoms with Crippen molar-refractivity contribution in [1.29, 1.82) is 0 Å². The molecule has 0 bridgehead atoms. The Morgan fingerprint density at radius 2 is 2.50 bits per heavy atom. The molecule has 1 heterocycles. The number of rotatable bonds is 1. The largest absolute Gasteiger partial charge is 1.00 e. The SMILES string of the molecule is CCc1[nH]cc[nH+]1.[Br-]. The second-order valence-electron chi connectivity index (χ2n) is 1.45. The molecule has 1 rings (SSSR count). The number of imidazole rings is 1. The third-order valence-corrected chi connectivity index (χ3v) is 0.952. The molecule has 0 spiro atoms. The van der Waals surface area contributed by atoms with Crippen LogP contribution in [0.25, 0.3) is 0 Å². The zero-order valence-electron chi connectivity index (χ0n) is 4.74. The fourth-order valence-corrected chi connectivity index (χ4v) is 0.530. The number of H-pyrrole nitrogens is 2. The summed E-state index contributed by atoms with van der Waals surface area (Å²) in [5, 5.41) is 0. The van der Waals surface area contributed by atoms with Crippen molar-refractivity contribution in [1.82, 2.24) is 4.98 Å². The molecule has 3 heteroatoms. The molecular weight excluding hydrogens is 168 g/mol. The van der Waals surface area contributed by atoms with Gasteiger partial charge in [-0.25, -0.2) is 9.97 Å². The Balaban J connectivity index is 0.000000490. The molecule has 0 saturated carbocycles. The number of hydrogen-bond donors (Lipinski definition) is 1. The molecule has 0 aliphatic rings. The molecule has 0 aromatic carbocycles. The summed E-state index contributed by atoms with van der Waals surface area (Å²) < 4.78 is 0. The molecule has 0 amide bonds. The molecule has 2 N–H and O–H groups in total. The van der Waals surface area contributed by atoms with E-state index in [-0.39, 0.29) is 17.0 Å². The van der Waals surface area contributed by atoms with Crippen LogP contribution in [-0.2, 0) is 6.42 Å². The second kappa shape index (κ2) is 3.66. The van der Waals surface area contributed by atoms with E-state index < -0.39 is 0 Å². The zero-order chi connectivity index (χ0) is 5.11. The monoisotopic (exact) mass is 176 g/mol. The summed E-state index contributed by atoms with van der Waals surface area (Å²) in [5.41, 5.74) is 0. The fourth-order valence-electron chi connectivity index (χ4n) is 0.530. The Bertz CT molecular complexity index is 125. The average molecular weight is 177 g/mol. The maximum atomic E-state index is 3.03. The second-order valence-corrected chi connectivity index (χ2v) is 1.45. The zero-order valence-corrected chi connectivity index (χ0v) is 6.33. The molecular formula is C5H9BrN2. The van der Waals surface area contributed by atoms with E-state index in [1.54, 1.807) is 0 Å². The summed E-state index contributed by atoms with van der Waals surface area (Å²) in [4.78, 5) is 6.06. The molecule has 8 heavy (non-hydrogen) atoms. The fraction of sp³-hybridized carbons (Fsp3) is 0.400. The molecule has 0 atom stereocenters. The van der Waals surface area contributed by atoms with Gasteiger partial charge < -0.3 is 17.0 Å². The van der Waals surface area contributed by atoms with Crippen LogP contribution in [0.15, 0.2) is 12.4 Å². The number of aryl methyl sites for hydroxylation is 1. The normalized spacial score (nSPS) is 8.12. The quantitative estimate of drug-likeness (QED) is 0.487. The van der Waals surface area contributed by atoms with E-state index in [9.17, 15) is 0 Å². The van der Waals surface area contributed by atoms with Crippen molar-refractivity contribution in [3.05, 3.63) is 18.2 Å². The maximum Gasteiger partial charge on any atom is 0.251 e. The molecule has 0 radical (unpaired) electrons. The standard InChI is InChI=1S/C5H8N2.BrH/c1-2-5-6-3-4-7-5;/h3-4H,2H2,1H3,(H,6,7);1H. The van der Waals surface area contributed by atoms with Crippen LogP contribution in [0.2, 0.25) is 0 Å². The van der Waals surface area contributed by atoms with Gasteiger partial charge in [-0.1, -0.05) is 6.92 Å². The van der Waals surface area contributed by atoms with Crippen LogP contribution in [-0.4, -0.2) is 4.98 Å². The minimum atomic E-state index is 0. The molecule has 46 valence electrons. The van der Waals surface area contributed by atoms with Crippen LogP contribution in [0, 0.1) is 0 Å². The van der Waals surface area contributed by atoms with E-state index in [2.05, 4.69) is 16.9 Å². The molecule has 2 nitrogen and oxygen atoms in total. The number of hydrogen-bond acceptors (Lipinski definition) is 0. The summed E-state index contributed by atoms with van der Waals surface area (Å²) in [7, 11) is 0. The Labute approximate surface area is 59.1 Å². The predicted molar refractivity (Wildman–Crippen MR) is 26.7 cm³/mol. The minimum absolute atomic E-state index is 0. The lowest BCUT2D eigenvalue weighted by Gasteiger charge is -1.71. The van der Waals surface area contributed by atoms with Crippen molar-refractivity contribution >= 4 is 0 Å². The molecule has 0 saturated heterocycles. The first kappa shape index (κ1) is 7.69. The Morgan fingerprint density at radius 1 is 1.75 bits per heavy atom. The van der Waals surface area contributed by atoms with Crippen LogP contribution < -0.4 is 22.0 Å². The summed E-state index contributed by atoms with van der Waals surface area (Å²) in [6.45, 7) is 2.10. The van der Waals surface area contributed by atoms with Crippen LogP contribution in [0.1, 0.15) is 12.7 Å². The Kier molecular flexibility index (Phi) is 3.52. The van der Waals surface area contributed by atoms with Gasteiger partial charge in [-0.05, 0) is 0 Å². The van der Waals surface area contributed by atoms with Crippen LogP contribution in [0.4, 0.5) is 0 Å². The number of aromatic amines is 2. The molecule has 1 aromatic heterocycles. The van der Waals surface area contributed by atoms with Gasteiger partial charge in [-0.3, -0.25) is 0 Å². The molecule has 0 aliphatic heterocycles. The Hall–Kier alpha value is -0.310. The number of aromatic nitrogens is 2. The summed E-state index contributed by atoms with van der Waals surface area (Å²) in [6.07, 6.45) is 4.82. The molecule has 1 aromatic rings. The third kappa shape index (κ3) is 1.66. The van der Waals surface area contributed by atoms with Crippen molar-refractivity contribution in [3.63, 3.8) is 0 Å². The van der Waals surface area contributed by atoms with Gasteiger partial charge in [0.25, 0.3) is 5.82 Å². The summed E-state index contributed by atoms with van der Waals surface area (Å²) in [6, 6.07) is 0. The first-order valence-electron chi connectivity index (χ1n) is 2.47. The van der Waals surface area contributed by atoms with Gasteiger partial charge in [0.1, 0.15) is 12.4 Å². The highest BCUT2D eigenvalue weighted by molar-refractivity contribution is 4.72. The van der Waals surface area contributed by atoms with E-state index in [4.69, 9.17) is 0 Å². The first-order valence-corrected chi connectivity index (χ1v) is 2.47. The molecule has 0 unspecified atom stereocenters. The number of halogens is 1. The average Bonchev–Trinajstić information content (AvgIpc) is 2.14. The van der Waals surface area contributed by atoms with Gasteiger partial charge in [-0.15, -0.1) is 0 Å². The Morgan fingerprint density at radius 3 is 2.75 bits per heavy atom. The molecule has 0 fully saturated rings. The van der Waals surface area contributed by atoms with Gasteiger partial charge in [-0.2, -0.15) is 0 Å². The highest BCUT2D eigenvalue weighted by Crippen LogP contribution is 1.79. The predicted octanol–water partition coefficient (Wildman–Crippen LogP) is -2.60. The lowest BCUT2D eigenvalue weighted by Crippen LogP contribution is -3.00. The van der Waals surface area contributed by atoms with E-state index in [0.29, 0.717) is 0 Å². The highest BCUT2D eigenvalue weighted by atomic mass is 79.9. The van der Waals surface area contributed by atoms with E-state index in [1.807, 2.05) is 12.4 Å². The van der Waals surface area contributed by atoms with Gasteiger partial charge in [0, 0.05) is 6.42 Å². The summed E-state index contributed by atoms with van der Waals surface area (Å²) in [5.74, 6) is 1.18. The third-order valence-electron chi connectivity index (χ3n) is 0.952. The van der Waals surface area contributed by atoms with Crippen molar-refractivity contribution in [2.24, 2.45) is 0 Å².